The van der Waals surface area contributed by atoms with Crippen molar-refractivity contribution in [1.29, 1.82) is 0 Å². The molecule has 1 aromatic rings. The third-order valence-corrected chi connectivity index (χ3v) is 2.93. The summed E-state index contributed by atoms with van der Waals surface area (Å²) in [6.07, 6.45) is 1.59. The SMILES string of the molecule is O=C(NCc1cn[nH]n1)c1ccc2cccccc1-2. The lowest BCUT2D eigenvalue weighted by molar-refractivity contribution is 0.0951. The lowest BCUT2D eigenvalue weighted by atomic mass is 10.1. The van der Waals surface area contributed by atoms with E-state index in [-0.39, 0.29) is 5.91 Å². The number of aromatic nitrogens is 3. The molecule has 1 amide bonds. The molecule has 19 heavy (non-hydrogen) atoms. The second kappa shape index (κ2) is 4.89. The number of rotatable bonds is 3. The van der Waals surface area contributed by atoms with Crippen LogP contribution in [-0.2, 0) is 6.54 Å². The van der Waals surface area contributed by atoms with E-state index in [2.05, 4.69) is 20.7 Å². The number of carbonyl (C=O) groups is 1. The van der Waals surface area contributed by atoms with Crippen LogP contribution >= 0.6 is 0 Å². The first kappa shape index (κ1) is 11.4. The van der Waals surface area contributed by atoms with E-state index < -0.39 is 0 Å². The van der Waals surface area contributed by atoms with Crippen LogP contribution in [0.25, 0.3) is 11.1 Å². The Kier molecular flexibility index (Phi) is 2.94. The van der Waals surface area contributed by atoms with Gasteiger partial charge in [0.1, 0.15) is 5.69 Å². The van der Waals surface area contributed by atoms with E-state index >= 15 is 0 Å². The minimum absolute atomic E-state index is 0.107. The Morgan fingerprint density at radius 3 is 2.89 bits per heavy atom. The molecule has 5 heteroatoms. The summed E-state index contributed by atoms with van der Waals surface area (Å²) in [6.45, 7) is 0.362. The molecule has 2 aliphatic rings. The fourth-order valence-corrected chi connectivity index (χ4v) is 1.99. The fourth-order valence-electron chi connectivity index (χ4n) is 1.99. The molecular formula is C14H12N4O. The van der Waals surface area contributed by atoms with Gasteiger partial charge >= 0.3 is 0 Å². The summed E-state index contributed by atoms with van der Waals surface area (Å²) in [6, 6.07) is 13.5. The minimum Gasteiger partial charge on any atom is -0.346 e. The normalized spacial score (nSPS) is 10.5. The lowest BCUT2D eigenvalue weighted by Crippen LogP contribution is -2.22. The maximum Gasteiger partial charge on any atom is 0.252 e. The van der Waals surface area contributed by atoms with E-state index in [1.54, 1.807) is 6.20 Å². The van der Waals surface area contributed by atoms with Gasteiger partial charge < -0.3 is 5.32 Å². The smallest absolute Gasteiger partial charge is 0.252 e. The van der Waals surface area contributed by atoms with Crippen LogP contribution in [0.2, 0.25) is 0 Å². The second-order valence-corrected chi connectivity index (χ2v) is 4.17. The van der Waals surface area contributed by atoms with Crippen LogP contribution in [0.5, 0.6) is 0 Å². The number of hydrogen-bond donors (Lipinski definition) is 2. The monoisotopic (exact) mass is 252 g/mol. The highest BCUT2D eigenvalue weighted by Gasteiger charge is 2.14. The van der Waals surface area contributed by atoms with Gasteiger partial charge in [-0.3, -0.25) is 4.79 Å². The molecule has 3 rings (SSSR count). The molecular weight excluding hydrogens is 240 g/mol. The van der Waals surface area contributed by atoms with E-state index in [0.29, 0.717) is 17.8 Å². The van der Waals surface area contributed by atoms with Crippen LogP contribution in [0.15, 0.2) is 48.7 Å². The van der Waals surface area contributed by atoms with Crippen LogP contribution in [0.1, 0.15) is 16.1 Å². The van der Waals surface area contributed by atoms with Gasteiger partial charge in [0.15, 0.2) is 0 Å². The van der Waals surface area contributed by atoms with Crippen molar-refractivity contribution in [3.8, 4) is 11.1 Å². The Balaban J connectivity index is 1.80. The molecule has 0 unspecified atom stereocenters. The average molecular weight is 252 g/mol. The third-order valence-electron chi connectivity index (χ3n) is 2.93. The maximum absolute atomic E-state index is 12.1. The van der Waals surface area contributed by atoms with Gasteiger partial charge in [-0.05, 0) is 17.2 Å². The van der Waals surface area contributed by atoms with Gasteiger partial charge in [0.25, 0.3) is 5.91 Å². The van der Waals surface area contributed by atoms with Gasteiger partial charge in [-0.25, -0.2) is 0 Å². The molecule has 0 saturated heterocycles. The zero-order valence-electron chi connectivity index (χ0n) is 10.1. The van der Waals surface area contributed by atoms with Crippen molar-refractivity contribution >= 4 is 5.91 Å². The lowest BCUT2D eigenvalue weighted by Gasteiger charge is -2.03. The third kappa shape index (κ3) is 2.30. The molecule has 1 aromatic heterocycles. The topological polar surface area (TPSA) is 70.7 Å². The van der Waals surface area contributed by atoms with E-state index in [1.807, 2.05) is 42.5 Å². The zero-order chi connectivity index (χ0) is 13.1. The fraction of sp³-hybridized carbons (Fsp3) is 0.0714. The van der Waals surface area contributed by atoms with E-state index in [9.17, 15) is 4.79 Å². The summed E-state index contributed by atoms with van der Waals surface area (Å²) in [4.78, 5) is 12.1. The van der Waals surface area contributed by atoms with Crippen LogP contribution < -0.4 is 5.32 Å². The standard InChI is InChI=1S/C14H12N4O/c19-14(15-8-11-9-16-18-17-11)13-7-6-10-4-2-1-3-5-12(10)13/h1-7,9H,8H2,(H,15,19)(H,16,17,18). The molecule has 2 aliphatic carbocycles. The summed E-state index contributed by atoms with van der Waals surface area (Å²) < 4.78 is 0. The van der Waals surface area contributed by atoms with Crippen LogP contribution in [0, 0.1) is 0 Å². The number of amides is 1. The molecule has 0 fully saturated rings. The van der Waals surface area contributed by atoms with E-state index in [1.165, 1.54) is 0 Å². The van der Waals surface area contributed by atoms with Gasteiger partial charge in [0, 0.05) is 5.56 Å². The first-order valence-electron chi connectivity index (χ1n) is 5.95. The summed E-state index contributed by atoms with van der Waals surface area (Å²) in [5, 5.41) is 12.9. The molecule has 0 spiro atoms. The van der Waals surface area contributed by atoms with Crippen LogP contribution in [-0.4, -0.2) is 21.3 Å². The molecule has 0 bridgehead atoms. The van der Waals surface area contributed by atoms with Crippen molar-refractivity contribution in [1.82, 2.24) is 20.7 Å². The maximum atomic E-state index is 12.1. The zero-order valence-corrected chi connectivity index (χ0v) is 10.1. The number of nitrogens with zero attached hydrogens (tertiary/aromatic N) is 2. The van der Waals surface area contributed by atoms with E-state index in [0.717, 1.165) is 11.1 Å². The highest BCUT2D eigenvalue weighted by molar-refractivity contribution is 6.02. The van der Waals surface area contributed by atoms with Crippen LogP contribution in [0.4, 0.5) is 0 Å². The molecule has 0 aromatic carbocycles. The molecule has 0 saturated carbocycles. The Bertz CT molecular complexity index is 663. The van der Waals surface area contributed by atoms with Crippen molar-refractivity contribution in [2.24, 2.45) is 0 Å². The highest BCUT2D eigenvalue weighted by atomic mass is 16.1. The number of aromatic amines is 1. The molecule has 2 N–H and O–H groups in total. The quantitative estimate of drug-likeness (QED) is 0.747. The molecule has 0 aliphatic heterocycles. The van der Waals surface area contributed by atoms with Gasteiger partial charge in [-0.2, -0.15) is 15.4 Å². The number of nitrogens with one attached hydrogen (secondary N) is 2. The largest absolute Gasteiger partial charge is 0.346 e. The van der Waals surface area contributed by atoms with Crippen LogP contribution in [0.3, 0.4) is 0 Å². The summed E-state index contributed by atoms with van der Waals surface area (Å²) >= 11 is 0. The van der Waals surface area contributed by atoms with Crippen molar-refractivity contribution in [2.45, 2.75) is 6.54 Å². The van der Waals surface area contributed by atoms with Gasteiger partial charge in [0.05, 0.1) is 12.7 Å². The Hall–Kier alpha value is -2.69. The Morgan fingerprint density at radius 2 is 2.05 bits per heavy atom. The van der Waals surface area contributed by atoms with Crippen molar-refractivity contribution in [3.63, 3.8) is 0 Å². The van der Waals surface area contributed by atoms with Gasteiger partial charge in [-0.1, -0.05) is 36.4 Å². The number of carbonyl (C=O) groups excluding carboxylic acids is 1. The van der Waals surface area contributed by atoms with E-state index in [4.69, 9.17) is 0 Å². The van der Waals surface area contributed by atoms with Crippen molar-refractivity contribution in [3.05, 3.63) is 59.9 Å². The molecule has 94 valence electrons. The molecule has 5 nitrogen and oxygen atoms in total. The predicted molar refractivity (Wildman–Crippen MR) is 70.6 cm³/mol. The molecule has 0 radical (unpaired) electrons. The predicted octanol–water partition coefficient (Wildman–Crippen LogP) is 1.84. The number of hydrogen-bond acceptors (Lipinski definition) is 3. The van der Waals surface area contributed by atoms with Gasteiger partial charge in [0.2, 0.25) is 0 Å². The summed E-state index contributed by atoms with van der Waals surface area (Å²) in [5.74, 6) is -0.107. The summed E-state index contributed by atoms with van der Waals surface area (Å²) in [7, 11) is 0. The summed E-state index contributed by atoms with van der Waals surface area (Å²) in [5.41, 5.74) is 3.38. The number of H-pyrrole nitrogens is 1. The minimum atomic E-state index is -0.107. The highest BCUT2D eigenvalue weighted by Crippen LogP contribution is 2.26. The molecule has 0 atom stereocenters. The molecule has 1 heterocycles. The average Bonchev–Trinajstić information content (AvgIpc) is 3.02. The second-order valence-electron chi connectivity index (χ2n) is 4.17. The first-order valence-corrected chi connectivity index (χ1v) is 5.95. The first-order chi connectivity index (χ1) is 9.34. The number of fused-ring (bicyclic) bond motifs is 1. The Labute approximate surface area is 110 Å². The van der Waals surface area contributed by atoms with Crippen molar-refractivity contribution in [2.75, 3.05) is 0 Å². The van der Waals surface area contributed by atoms with Crippen molar-refractivity contribution < 1.29 is 4.79 Å². The van der Waals surface area contributed by atoms with Gasteiger partial charge in [-0.15, -0.1) is 0 Å². The Morgan fingerprint density at radius 1 is 1.16 bits per heavy atom.